The smallest absolute Gasteiger partial charge is 0.220 e. The predicted octanol–water partition coefficient (Wildman–Crippen LogP) is 3.76. The van der Waals surface area contributed by atoms with E-state index in [1.54, 1.807) is 23.6 Å². The standard InChI is InChI=1S/C19H24FN3OS/c1-2-17(24)22-18(19-21-9-11-25-19)15-7-5-10-23(13-15)12-14-6-3-4-8-16(14)20/h3-4,6,8-9,11,15,18H,2,5,7,10,12-13H2,1H3,(H,22,24)/t15-,18+/m1/s1. The van der Waals surface area contributed by atoms with Crippen molar-refractivity contribution in [1.82, 2.24) is 15.2 Å². The molecular formula is C19H24FN3OS. The van der Waals surface area contributed by atoms with Crippen LogP contribution in [0.5, 0.6) is 0 Å². The number of carbonyl (C=O) groups is 1. The van der Waals surface area contributed by atoms with Gasteiger partial charge >= 0.3 is 0 Å². The van der Waals surface area contributed by atoms with Crippen molar-refractivity contribution in [2.24, 2.45) is 5.92 Å². The van der Waals surface area contributed by atoms with E-state index >= 15 is 0 Å². The number of amides is 1. The zero-order valence-corrected chi connectivity index (χ0v) is 15.3. The number of hydrogen-bond donors (Lipinski definition) is 1. The number of nitrogens with zero attached hydrogens (tertiary/aromatic N) is 2. The molecule has 4 nitrogen and oxygen atoms in total. The highest BCUT2D eigenvalue weighted by Gasteiger charge is 2.31. The second kappa shape index (κ2) is 8.54. The van der Waals surface area contributed by atoms with Crippen molar-refractivity contribution in [3.63, 3.8) is 0 Å². The van der Waals surface area contributed by atoms with Crippen molar-refractivity contribution in [3.8, 4) is 0 Å². The molecule has 1 aliphatic heterocycles. The van der Waals surface area contributed by atoms with Gasteiger partial charge in [-0.25, -0.2) is 9.37 Å². The average molecular weight is 361 g/mol. The molecule has 1 amide bonds. The van der Waals surface area contributed by atoms with Crippen LogP contribution in [0, 0.1) is 11.7 Å². The molecule has 25 heavy (non-hydrogen) atoms. The summed E-state index contributed by atoms with van der Waals surface area (Å²) in [5.41, 5.74) is 0.728. The van der Waals surface area contributed by atoms with E-state index in [4.69, 9.17) is 0 Å². The number of hydrogen-bond acceptors (Lipinski definition) is 4. The van der Waals surface area contributed by atoms with Crippen LogP contribution in [-0.2, 0) is 11.3 Å². The lowest BCUT2D eigenvalue weighted by Crippen LogP contribution is -2.42. The number of likely N-dealkylation sites (tertiary alicyclic amines) is 1. The summed E-state index contributed by atoms with van der Waals surface area (Å²) in [5.74, 6) is 0.189. The second-order valence-electron chi connectivity index (χ2n) is 6.50. The molecule has 1 fully saturated rings. The monoisotopic (exact) mass is 361 g/mol. The van der Waals surface area contributed by atoms with Crippen LogP contribution in [-0.4, -0.2) is 28.9 Å². The summed E-state index contributed by atoms with van der Waals surface area (Å²) < 4.78 is 13.9. The van der Waals surface area contributed by atoms with Gasteiger partial charge in [-0.15, -0.1) is 11.3 Å². The fourth-order valence-corrected chi connectivity index (χ4v) is 4.20. The van der Waals surface area contributed by atoms with Gasteiger partial charge in [0.2, 0.25) is 5.91 Å². The molecule has 0 bridgehead atoms. The minimum atomic E-state index is -0.152. The van der Waals surface area contributed by atoms with E-state index in [1.807, 2.05) is 24.4 Å². The molecule has 134 valence electrons. The van der Waals surface area contributed by atoms with Crippen LogP contribution in [0.3, 0.4) is 0 Å². The number of aromatic nitrogens is 1. The SMILES string of the molecule is CCC(=O)N[C@H](c1nccs1)[C@@H]1CCCN(Cc2ccccc2F)C1. The van der Waals surface area contributed by atoms with Gasteiger partial charge in [0.15, 0.2) is 0 Å². The Bertz CT molecular complexity index is 692. The van der Waals surface area contributed by atoms with Gasteiger partial charge in [-0.05, 0) is 31.4 Å². The number of thiazole rings is 1. The third-order valence-corrected chi connectivity index (χ3v) is 5.58. The van der Waals surface area contributed by atoms with E-state index in [-0.39, 0.29) is 17.8 Å². The van der Waals surface area contributed by atoms with Gasteiger partial charge in [-0.3, -0.25) is 9.69 Å². The Morgan fingerprint density at radius 1 is 1.48 bits per heavy atom. The van der Waals surface area contributed by atoms with Gasteiger partial charge in [0.05, 0.1) is 6.04 Å². The van der Waals surface area contributed by atoms with Gasteiger partial charge in [0, 0.05) is 36.7 Å². The van der Waals surface area contributed by atoms with Gasteiger partial charge in [-0.2, -0.15) is 0 Å². The normalized spacial score (nSPS) is 19.5. The zero-order chi connectivity index (χ0) is 17.6. The molecule has 1 aliphatic rings. The van der Waals surface area contributed by atoms with Gasteiger partial charge in [-0.1, -0.05) is 25.1 Å². The van der Waals surface area contributed by atoms with Crippen molar-refractivity contribution in [2.45, 2.75) is 38.8 Å². The molecule has 0 spiro atoms. The lowest BCUT2D eigenvalue weighted by atomic mass is 9.90. The van der Waals surface area contributed by atoms with Crippen LogP contribution < -0.4 is 5.32 Å². The number of carbonyl (C=O) groups excluding carboxylic acids is 1. The fraction of sp³-hybridized carbons (Fsp3) is 0.474. The number of piperidine rings is 1. The Balaban J connectivity index is 1.71. The van der Waals surface area contributed by atoms with Crippen molar-refractivity contribution in [3.05, 3.63) is 52.2 Å². The lowest BCUT2D eigenvalue weighted by Gasteiger charge is -2.36. The Morgan fingerprint density at radius 2 is 2.32 bits per heavy atom. The highest BCUT2D eigenvalue weighted by atomic mass is 32.1. The summed E-state index contributed by atoms with van der Waals surface area (Å²) >= 11 is 1.58. The number of benzene rings is 1. The molecule has 1 aromatic carbocycles. The van der Waals surface area contributed by atoms with E-state index in [9.17, 15) is 9.18 Å². The minimum absolute atomic E-state index is 0.0476. The highest BCUT2D eigenvalue weighted by Crippen LogP contribution is 2.31. The van der Waals surface area contributed by atoms with Crippen molar-refractivity contribution < 1.29 is 9.18 Å². The molecule has 0 radical (unpaired) electrons. The zero-order valence-electron chi connectivity index (χ0n) is 14.5. The van der Waals surface area contributed by atoms with E-state index in [0.717, 1.165) is 36.5 Å². The molecule has 3 rings (SSSR count). The molecule has 0 unspecified atom stereocenters. The van der Waals surface area contributed by atoms with E-state index in [0.29, 0.717) is 18.9 Å². The van der Waals surface area contributed by atoms with Crippen LogP contribution in [0.2, 0.25) is 0 Å². The summed E-state index contributed by atoms with van der Waals surface area (Å²) in [6.45, 7) is 4.26. The Hall–Kier alpha value is -1.79. The van der Waals surface area contributed by atoms with Crippen LogP contribution in [0.1, 0.15) is 42.8 Å². The first-order valence-electron chi connectivity index (χ1n) is 8.82. The number of nitrogens with one attached hydrogen (secondary N) is 1. The van der Waals surface area contributed by atoms with Gasteiger partial charge in [0.25, 0.3) is 0 Å². The summed E-state index contributed by atoms with van der Waals surface area (Å²) in [6, 6.07) is 6.89. The van der Waals surface area contributed by atoms with Crippen molar-refractivity contribution in [2.75, 3.05) is 13.1 Å². The Kier molecular flexibility index (Phi) is 6.15. The summed E-state index contributed by atoms with van der Waals surface area (Å²) in [4.78, 5) is 18.7. The van der Waals surface area contributed by atoms with Crippen LogP contribution in [0.15, 0.2) is 35.8 Å². The van der Waals surface area contributed by atoms with Crippen LogP contribution >= 0.6 is 11.3 Å². The topological polar surface area (TPSA) is 45.2 Å². The summed E-state index contributed by atoms with van der Waals surface area (Å²) in [6.07, 6.45) is 4.34. The quantitative estimate of drug-likeness (QED) is 0.852. The third-order valence-electron chi connectivity index (χ3n) is 4.72. The molecular weight excluding hydrogens is 337 g/mol. The molecule has 0 aliphatic carbocycles. The molecule has 0 saturated carbocycles. The maximum Gasteiger partial charge on any atom is 0.220 e. The molecule has 2 heterocycles. The number of rotatable bonds is 6. The molecule has 2 atom stereocenters. The minimum Gasteiger partial charge on any atom is -0.347 e. The molecule has 1 saturated heterocycles. The fourth-order valence-electron chi connectivity index (χ4n) is 3.42. The lowest BCUT2D eigenvalue weighted by molar-refractivity contribution is -0.122. The summed E-state index contributed by atoms with van der Waals surface area (Å²) in [5, 5.41) is 6.05. The summed E-state index contributed by atoms with van der Waals surface area (Å²) in [7, 11) is 0. The Labute approximate surface area is 152 Å². The van der Waals surface area contributed by atoms with E-state index in [2.05, 4.69) is 15.2 Å². The predicted molar refractivity (Wildman–Crippen MR) is 97.7 cm³/mol. The van der Waals surface area contributed by atoms with Gasteiger partial charge in [0.1, 0.15) is 10.8 Å². The number of halogens is 1. The largest absolute Gasteiger partial charge is 0.347 e. The maximum atomic E-state index is 13.9. The molecule has 2 aromatic rings. The molecule has 1 N–H and O–H groups in total. The Morgan fingerprint density at radius 3 is 3.04 bits per heavy atom. The second-order valence-corrected chi connectivity index (χ2v) is 7.42. The van der Waals surface area contributed by atoms with Crippen molar-refractivity contribution in [1.29, 1.82) is 0 Å². The first-order valence-corrected chi connectivity index (χ1v) is 9.70. The van der Waals surface area contributed by atoms with Gasteiger partial charge < -0.3 is 5.32 Å². The van der Waals surface area contributed by atoms with Crippen molar-refractivity contribution >= 4 is 17.2 Å². The third kappa shape index (κ3) is 4.64. The van der Waals surface area contributed by atoms with Crippen LogP contribution in [0.4, 0.5) is 4.39 Å². The first kappa shape index (κ1) is 18.0. The van der Waals surface area contributed by atoms with E-state index < -0.39 is 0 Å². The highest BCUT2D eigenvalue weighted by molar-refractivity contribution is 7.09. The first-order chi connectivity index (χ1) is 12.2. The maximum absolute atomic E-state index is 13.9. The van der Waals surface area contributed by atoms with E-state index in [1.165, 1.54) is 6.07 Å². The molecule has 6 heteroatoms. The average Bonchev–Trinajstić information content (AvgIpc) is 3.16. The molecule has 1 aromatic heterocycles. The van der Waals surface area contributed by atoms with Crippen LogP contribution in [0.25, 0.3) is 0 Å².